The molecule has 0 bridgehead atoms. The van der Waals surface area contributed by atoms with E-state index in [2.05, 4.69) is 0 Å². The second-order valence-electron chi connectivity index (χ2n) is 5.85. The second kappa shape index (κ2) is 7.42. The molecule has 0 unspecified atom stereocenters. The Hall–Kier alpha value is -2.76. The van der Waals surface area contributed by atoms with Gasteiger partial charge in [0, 0.05) is 18.3 Å². The van der Waals surface area contributed by atoms with Crippen molar-refractivity contribution in [3.05, 3.63) is 46.3 Å². The molecule has 1 aromatic heterocycles. The van der Waals surface area contributed by atoms with Crippen LogP contribution in [0.5, 0.6) is 11.5 Å². The number of aryl methyl sites for hydroxylation is 1. The molecule has 25 heavy (non-hydrogen) atoms. The number of carbonyl (C=O) groups excluding carboxylic acids is 2. The van der Waals surface area contributed by atoms with Gasteiger partial charge in [0.1, 0.15) is 5.69 Å². The Labute approximate surface area is 147 Å². The first kappa shape index (κ1) is 18.6. The van der Waals surface area contributed by atoms with Crippen LogP contribution in [-0.4, -0.2) is 37.1 Å². The van der Waals surface area contributed by atoms with Gasteiger partial charge >= 0.3 is 5.97 Å². The minimum atomic E-state index is -0.469. The Bertz CT molecular complexity index is 820. The van der Waals surface area contributed by atoms with Crippen LogP contribution < -0.4 is 9.47 Å². The summed E-state index contributed by atoms with van der Waals surface area (Å²) >= 11 is 0. The van der Waals surface area contributed by atoms with E-state index in [9.17, 15) is 9.59 Å². The zero-order valence-electron chi connectivity index (χ0n) is 15.4. The minimum Gasteiger partial charge on any atom is -0.493 e. The lowest BCUT2D eigenvalue weighted by atomic mass is 10.1. The highest BCUT2D eigenvalue weighted by atomic mass is 16.5. The molecule has 2 aromatic rings. The summed E-state index contributed by atoms with van der Waals surface area (Å²) in [5.74, 6) is 0.400. The summed E-state index contributed by atoms with van der Waals surface area (Å²) in [6.45, 7) is 5.33. The summed E-state index contributed by atoms with van der Waals surface area (Å²) in [6, 6.07) is 5.50. The Balaban J connectivity index is 2.27. The van der Waals surface area contributed by atoms with Crippen LogP contribution >= 0.6 is 0 Å². The van der Waals surface area contributed by atoms with E-state index >= 15 is 0 Å². The van der Waals surface area contributed by atoms with Gasteiger partial charge in [-0.1, -0.05) is 6.07 Å². The van der Waals surface area contributed by atoms with E-state index in [0.717, 1.165) is 5.56 Å². The third-order valence-electron chi connectivity index (χ3n) is 4.27. The normalized spacial score (nSPS) is 10.5. The number of hydrogen-bond donors (Lipinski definition) is 0. The lowest BCUT2D eigenvalue weighted by Gasteiger charge is -2.11. The third-order valence-corrected chi connectivity index (χ3v) is 4.27. The van der Waals surface area contributed by atoms with E-state index in [0.29, 0.717) is 34.0 Å². The zero-order valence-corrected chi connectivity index (χ0v) is 15.4. The topological polar surface area (TPSA) is 66.8 Å². The molecule has 6 heteroatoms. The van der Waals surface area contributed by atoms with Gasteiger partial charge in [-0.2, -0.15) is 0 Å². The highest BCUT2D eigenvalue weighted by Crippen LogP contribution is 2.28. The van der Waals surface area contributed by atoms with Crippen molar-refractivity contribution in [2.75, 3.05) is 20.8 Å². The summed E-state index contributed by atoms with van der Waals surface area (Å²) in [4.78, 5) is 24.6. The molecular weight excluding hydrogens is 322 g/mol. The molecule has 1 heterocycles. The van der Waals surface area contributed by atoms with Crippen molar-refractivity contribution in [2.24, 2.45) is 7.05 Å². The van der Waals surface area contributed by atoms with Gasteiger partial charge in [0.05, 0.1) is 14.2 Å². The van der Waals surface area contributed by atoms with Gasteiger partial charge in [-0.3, -0.25) is 4.79 Å². The van der Waals surface area contributed by atoms with Crippen LogP contribution in [0.1, 0.15) is 37.7 Å². The molecule has 0 saturated heterocycles. The number of carbonyl (C=O) groups is 2. The predicted molar refractivity (Wildman–Crippen MR) is 93.8 cm³/mol. The van der Waals surface area contributed by atoms with Gasteiger partial charge < -0.3 is 18.8 Å². The fraction of sp³-hybridized carbons (Fsp3) is 0.368. The average Bonchev–Trinajstić information content (AvgIpc) is 2.82. The smallest absolute Gasteiger partial charge is 0.354 e. The number of rotatable bonds is 6. The first-order valence-corrected chi connectivity index (χ1v) is 7.86. The minimum absolute atomic E-state index is 0.147. The number of aromatic nitrogens is 1. The maximum atomic E-state index is 12.7. The molecule has 0 N–H and O–H groups in total. The van der Waals surface area contributed by atoms with Crippen molar-refractivity contribution in [1.82, 2.24) is 4.57 Å². The number of benzene rings is 1. The van der Waals surface area contributed by atoms with Crippen LogP contribution in [0, 0.1) is 20.8 Å². The number of methoxy groups -OCH3 is 2. The number of ether oxygens (including phenoxy) is 3. The van der Waals surface area contributed by atoms with E-state index in [1.54, 1.807) is 38.6 Å². The second-order valence-corrected chi connectivity index (χ2v) is 5.85. The van der Waals surface area contributed by atoms with Gasteiger partial charge in [0.25, 0.3) is 0 Å². The molecule has 0 atom stereocenters. The van der Waals surface area contributed by atoms with E-state index in [1.807, 2.05) is 19.1 Å². The lowest BCUT2D eigenvalue weighted by Crippen LogP contribution is -2.14. The van der Waals surface area contributed by atoms with Crippen LogP contribution in [0.3, 0.4) is 0 Å². The summed E-state index contributed by atoms with van der Waals surface area (Å²) < 4.78 is 17.4. The molecule has 0 saturated carbocycles. The first-order valence-electron chi connectivity index (χ1n) is 7.86. The van der Waals surface area contributed by atoms with Crippen molar-refractivity contribution in [3.8, 4) is 11.5 Å². The van der Waals surface area contributed by atoms with Crippen LogP contribution in [0.25, 0.3) is 0 Å². The van der Waals surface area contributed by atoms with Gasteiger partial charge in [-0.15, -0.1) is 0 Å². The number of ketones is 1. The number of Topliss-reactive ketones (excluding diaryl/α,β-unsaturated/α-hetero) is 1. The highest BCUT2D eigenvalue weighted by molar-refractivity contribution is 6.03. The largest absolute Gasteiger partial charge is 0.493 e. The first-order chi connectivity index (χ1) is 11.8. The molecule has 0 spiro atoms. The van der Waals surface area contributed by atoms with Crippen LogP contribution in [0.4, 0.5) is 0 Å². The monoisotopic (exact) mass is 345 g/mol. The van der Waals surface area contributed by atoms with Gasteiger partial charge in [-0.05, 0) is 44.0 Å². The Kier molecular flexibility index (Phi) is 5.51. The van der Waals surface area contributed by atoms with Gasteiger partial charge in [0.2, 0.25) is 5.78 Å². The Morgan fingerprint density at radius 1 is 1.08 bits per heavy atom. The lowest BCUT2D eigenvalue weighted by molar-refractivity contribution is 0.0588. The quantitative estimate of drug-likeness (QED) is 0.595. The van der Waals surface area contributed by atoms with E-state index < -0.39 is 5.97 Å². The SMILES string of the molecule is COC(=O)c1c(C)c(C(=O)COc2ccc(C)cc2OC)c(C)n1C. The molecule has 0 fully saturated rings. The van der Waals surface area contributed by atoms with Crippen molar-refractivity contribution in [3.63, 3.8) is 0 Å². The average molecular weight is 345 g/mol. The maximum Gasteiger partial charge on any atom is 0.354 e. The third kappa shape index (κ3) is 3.52. The Morgan fingerprint density at radius 3 is 2.36 bits per heavy atom. The van der Waals surface area contributed by atoms with E-state index in [-0.39, 0.29) is 12.4 Å². The summed E-state index contributed by atoms with van der Waals surface area (Å²) in [7, 11) is 4.60. The van der Waals surface area contributed by atoms with Crippen LogP contribution in [-0.2, 0) is 11.8 Å². The Morgan fingerprint density at radius 2 is 1.76 bits per heavy atom. The van der Waals surface area contributed by atoms with Crippen LogP contribution in [0.2, 0.25) is 0 Å². The van der Waals surface area contributed by atoms with Crippen molar-refractivity contribution < 1.29 is 23.8 Å². The predicted octanol–water partition coefficient (Wildman–Crippen LogP) is 3.01. The molecule has 1 aromatic carbocycles. The standard InChI is InChI=1S/C19H23NO5/c1-11-7-8-15(16(9-11)23-5)25-10-14(21)17-12(2)18(19(22)24-6)20(4)13(17)3/h7-9H,10H2,1-6H3. The fourth-order valence-corrected chi connectivity index (χ4v) is 2.88. The molecule has 0 aliphatic carbocycles. The van der Waals surface area contributed by atoms with Crippen molar-refractivity contribution in [1.29, 1.82) is 0 Å². The molecular formula is C19H23NO5. The molecule has 0 aliphatic heterocycles. The van der Waals surface area contributed by atoms with Gasteiger partial charge in [0.15, 0.2) is 18.1 Å². The highest BCUT2D eigenvalue weighted by Gasteiger charge is 2.25. The van der Waals surface area contributed by atoms with E-state index in [4.69, 9.17) is 14.2 Å². The van der Waals surface area contributed by atoms with Crippen molar-refractivity contribution in [2.45, 2.75) is 20.8 Å². The maximum absolute atomic E-state index is 12.7. The number of nitrogens with zero attached hydrogens (tertiary/aromatic N) is 1. The van der Waals surface area contributed by atoms with Gasteiger partial charge in [-0.25, -0.2) is 4.79 Å². The molecule has 0 amide bonds. The molecule has 0 radical (unpaired) electrons. The van der Waals surface area contributed by atoms with Crippen LogP contribution in [0.15, 0.2) is 18.2 Å². The molecule has 134 valence electrons. The summed E-state index contributed by atoms with van der Waals surface area (Å²) in [5, 5.41) is 0. The number of esters is 1. The molecule has 2 rings (SSSR count). The summed E-state index contributed by atoms with van der Waals surface area (Å²) in [5.41, 5.74) is 3.18. The molecule has 6 nitrogen and oxygen atoms in total. The fourth-order valence-electron chi connectivity index (χ4n) is 2.88. The van der Waals surface area contributed by atoms with Crippen molar-refractivity contribution >= 4 is 11.8 Å². The van der Waals surface area contributed by atoms with E-state index in [1.165, 1.54) is 7.11 Å². The zero-order chi connectivity index (χ0) is 18.7. The molecule has 0 aliphatic rings. The number of hydrogen-bond acceptors (Lipinski definition) is 5. The summed E-state index contributed by atoms with van der Waals surface area (Å²) in [6.07, 6.45) is 0.